The molecule has 0 atom stereocenters. The van der Waals surface area contributed by atoms with Crippen molar-refractivity contribution in [3.8, 4) is 0 Å². The number of nitrogens with one attached hydrogen (secondary N) is 2. The summed E-state index contributed by atoms with van der Waals surface area (Å²) in [6.07, 6.45) is 0. The van der Waals surface area contributed by atoms with Crippen molar-refractivity contribution in [2.24, 2.45) is 11.5 Å². The van der Waals surface area contributed by atoms with Gasteiger partial charge in [0.05, 0.1) is 5.56 Å². The average molecular weight is 290 g/mol. The molecule has 1 heterocycles. The molecule has 6 N–H and O–H groups in total. The molecule has 0 saturated carbocycles. The smallest absolute Gasteiger partial charge is 0.316 e. The Labute approximate surface area is 119 Å². The Hall–Kier alpha value is -2.54. The Kier molecular flexibility index (Phi) is 4.21. The SMILES string of the molecule is NC(=O)Nc1cccc(NCc2cc(C(N)=O)cs2)c1. The van der Waals surface area contributed by atoms with Crippen LogP contribution in [0.1, 0.15) is 15.2 Å². The van der Waals surface area contributed by atoms with Crippen molar-refractivity contribution in [1.82, 2.24) is 0 Å². The number of amides is 3. The minimum absolute atomic E-state index is 0.430. The quantitative estimate of drug-likeness (QED) is 0.675. The molecule has 1 aromatic carbocycles. The predicted octanol–water partition coefficient (Wildman–Crippen LogP) is 1.95. The van der Waals surface area contributed by atoms with Gasteiger partial charge in [-0.25, -0.2) is 4.79 Å². The first-order valence-corrected chi connectivity index (χ1v) is 6.70. The first kappa shape index (κ1) is 13.9. The van der Waals surface area contributed by atoms with E-state index >= 15 is 0 Å². The van der Waals surface area contributed by atoms with Crippen molar-refractivity contribution in [2.45, 2.75) is 6.54 Å². The van der Waals surface area contributed by atoms with Crippen LogP contribution in [0.2, 0.25) is 0 Å². The standard InChI is InChI=1S/C13H14N4O2S/c14-12(18)8-4-11(20-7-8)6-16-9-2-1-3-10(5-9)17-13(15)19/h1-5,7,16H,6H2,(H2,14,18)(H3,15,17,19). The maximum absolute atomic E-state index is 11.0. The van der Waals surface area contributed by atoms with Crippen molar-refractivity contribution in [3.05, 3.63) is 46.2 Å². The molecular formula is C13H14N4O2S. The second-order valence-electron chi connectivity index (χ2n) is 4.09. The first-order chi connectivity index (χ1) is 9.54. The van der Waals surface area contributed by atoms with Crippen LogP contribution in [0.25, 0.3) is 0 Å². The molecule has 20 heavy (non-hydrogen) atoms. The largest absolute Gasteiger partial charge is 0.380 e. The molecule has 0 aliphatic rings. The fraction of sp³-hybridized carbons (Fsp3) is 0.0769. The molecule has 0 aliphatic carbocycles. The number of carbonyl (C=O) groups is 2. The number of nitrogens with two attached hydrogens (primary N) is 2. The maximum Gasteiger partial charge on any atom is 0.316 e. The van der Waals surface area contributed by atoms with Gasteiger partial charge in [-0.05, 0) is 24.3 Å². The minimum atomic E-state index is -0.605. The summed E-state index contributed by atoms with van der Waals surface area (Å²) < 4.78 is 0. The Balaban J connectivity index is 1.99. The molecule has 0 bridgehead atoms. The minimum Gasteiger partial charge on any atom is -0.380 e. The molecule has 0 spiro atoms. The highest BCUT2D eigenvalue weighted by Gasteiger charge is 2.04. The summed E-state index contributed by atoms with van der Waals surface area (Å²) in [5.41, 5.74) is 12.2. The molecule has 2 rings (SSSR count). The van der Waals surface area contributed by atoms with Crippen LogP contribution < -0.4 is 22.1 Å². The summed E-state index contributed by atoms with van der Waals surface area (Å²) in [4.78, 5) is 22.8. The number of hydrogen-bond acceptors (Lipinski definition) is 4. The van der Waals surface area contributed by atoms with Crippen molar-refractivity contribution in [1.29, 1.82) is 0 Å². The monoisotopic (exact) mass is 290 g/mol. The fourth-order valence-corrected chi connectivity index (χ4v) is 2.45. The first-order valence-electron chi connectivity index (χ1n) is 5.82. The van der Waals surface area contributed by atoms with Gasteiger partial charge >= 0.3 is 6.03 Å². The molecule has 7 heteroatoms. The van der Waals surface area contributed by atoms with E-state index < -0.39 is 11.9 Å². The van der Waals surface area contributed by atoms with Crippen molar-refractivity contribution >= 4 is 34.6 Å². The van der Waals surface area contributed by atoms with E-state index in [0.29, 0.717) is 17.8 Å². The van der Waals surface area contributed by atoms with Gasteiger partial charge in [0.25, 0.3) is 0 Å². The highest BCUT2D eigenvalue weighted by Crippen LogP contribution is 2.19. The van der Waals surface area contributed by atoms with Crippen molar-refractivity contribution < 1.29 is 9.59 Å². The lowest BCUT2D eigenvalue weighted by Crippen LogP contribution is -2.19. The van der Waals surface area contributed by atoms with Gasteiger partial charge in [-0.2, -0.15) is 0 Å². The lowest BCUT2D eigenvalue weighted by atomic mass is 10.2. The number of rotatable bonds is 5. The zero-order valence-corrected chi connectivity index (χ0v) is 11.4. The second-order valence-corrected chi connectivity index (χ2v) is 5.09. The van der Waals surface area contributed by atoms with Crippen LogP contribution in [-0.2, 0) is 6.54 Å². The fourth-order valence-electron chi connectivity index (χ4n) is 1.64. The van der Waals surface area contributed by atoms with Crippen LogP contribution >= 0.6 is 11.3 Å². The maximum atomic E-state index is 11.0. The van der Waals surface area contributed by atoms with Gasteiger partial charge in [0.15, 0.2) is 0 Å². The third kappa shape index (κ3) is 3.72. The van der Waals surface area contributed by atoms with Gasteiger partial charge in [0.1, 0.15) is 0 Å². The van der Waals surface area contributed by atoms with E-state index in [0.717, 1.165) is 10.6 Å². The number of hydrogen-bond donors (Lipinski definition) is 4. The van der Waals surface area contributed by atoms with Crippen molar-refractivity contribution in [2.75, 3.05) is 10.6 Å². The molecular weight excluding hydrogens is 276 g/mol. The van der Waals surface area contributed by atoms with Gasteiger partial charge in [-0.3, -0.25) is 4.79 Å². The van der Waals surface area contributed by atoms with E-state index in [1.54, 1.807) is 29.6 Å². The topological polar surface area (TPSA) is 110 Å². The zero-order chi connectivity index (χ0) is 14.5. The normalized spacial score (nSPS) is 10.0. The third-order valence-electron chi connectivity index (χ3n) is 2.54. The third-order valence-corrected chi connectivity index (χ3v) is 3.47. The molecule has 1 aromatic heterocycles. The number of primary amides is 2. The van der Waals surface area contributed by atoms with Gasteiger partial charge in [-0.1, -0.05) is 6.07 Å². The highest BCUT2D eigenvalue weighted by atomic mass is 32.1. The number of carbonyl (C=O) groups excluding carboxylic acids is 2. The summed E-state index contributed by atoms with van der Waals surface area (Å²) in [5, 5.41) is 7.42. The Morgan fingerprint density at radius 3 is 2.55 bits per heavy atom. The van der Waals surface area contributed by atoms with E-state index in [-0.39, 0.29) is 0 Å². The molecule has 0 fully saturated rings. The molecule has 0 aliphatic heterocycles. The summed E-state index contributed by atoms with van der Waals surface area (Å²) in [6, 6.07) is 8.34. The molecule has 0 unspecified atom stereocenters. The summed E-state index contributed by atoms with van der Waals surface area (Å²) in [7, 11) is 0. The molecule has 0 radical (unpaired) electrons. The van der Waals surface area contributed by atoms with E-state index in [9.17, 15) is 9.59 Å². The lowest BCUT2D eigenvalue weighted by Gasteiger charge is -2.07. The number of thiophene rings is 1. The predicted molar refractivity (Wildman–Crippen MR) is 79.8 cm³/mol. The van der Waals surface area contributed by atoms with Crippen LogP contribution in [0.4, 0.5) is 16.2 Å². The van der Waals surface area contributed by atoms with E-state index in [4.69, 9.17) is 11.5 Å². The average Bonchev–Trinajstić information content (AvgIpc) is 2.85. The van der Waals surface area contributed by atoms with E-state index in [2.05, 4.69) is 10.6 Å². The van der Waals surface area contributed by atoms with Crippen LogP contribution in [0.5, 0.6) is 0 Å². The summed E-state index contributed by atoms with van der Waals surface area (Å²) in [6.45, 7) is 0.567. The van der Waals surface area contributed by atoms with Gasteiger partial charge in [-0.15, -0.1) is 11.3 Å². The molecule has 6 nitrogen and oxygen atoms in total. The van der Waals surface area contributed by atoms with Crippen molar-refractivity contribution in [3.63, 3.8) is 0 Å². The van der Waals surface area contributed by atoms with Crippen LogP contribution in [0.15, 0.2) is 35.7 Å². The lowest BCUT2D eigenvalue weighted by molar-refractivity contribution is 0.100. The van der Waals surface area contributed by atoms with Crippen LogP contribution in [0.3, 0.4) is 0 Å². The van der Waals surface area contributed by atoms with Gasteiger partial charge in [0, 0.05) is 28.2 Å². The highest BCUT2D eigenvalue weighted by molar-refractivity contribution is 7.10. The number of benzene rings is 1. The summed E-state index contributed by atoms with van der Waals surface area (Å²) in [5.74, 6) is -0.430. The summed E-state index contributed by atoms with van der Waals surface area (Å²) >= 11 is 1.46. The molecule has 104 valence electrons. The Morgan fingerprint density at radius 1 is 1.15 bits per heavy atom. The second kappa shape index (κ2) is 6.07. The zero-order valence-electron chi connectivity index (χ0n) is 10.6. The van der Waals surface area contributed by atoms with E-state index in [1.807, 2.05) is 6.07 Å². The van der Waals surface area contributed by atoms with Crippen LogP contribution in [-0.4, -0.2) is 11.9 Å². The van der Waals surface area contributed by atoms with Gasteiger partial charge < -0.3 is 22.1 Å². The number of urea groups is 1. The molecule has 2 aromatic rings. The molecule has 0 saturated heterocycles. The number of anilines is 2. The van der Waals surface area contributed by atoms with Crippen LogP contribution in [0, 0.1) is 0 Å². The molecule has 3 amide bonds. The van der Waals surface area contributed by atoms with Gasteiger partial charge in [0.2, 0.25) is 5.91 Å². The Bertz CT molecular complexity index is 639. The van der Waals surface area contributed by atoms with E-state index in [1.165, 1.54) is 11.3 Å². The Morgan fingerprint density at radius 2 is 1.90 bits per heavy atom.